The molecule has 0 radical (unpaired) electrons. The SMILES string of the molecule is CCN(CC)CCCn1cnc2cccc(C(=O)O)c21. The standard InChI is InChI=1S/C15H21N3O2/c1-3-17(4-2)9-6-10-18-11-16-13-8-5-7-12(14(13)18)15(19)20/h5,7-8,11H,3-4,6,9-10H2,1-2H3,(H,19,20). The van der Waals surface area contributed by atoms with Gasteiger partial charge in [-0.2, -0.15) is 0 Å². The maximum atomic E-state index is 11.3. The third kappa shape index (κ3) is 2.99. The van der Waals surface area contributed by atoms with E-state index in [1.54, 1.807) is 18.5 Å². The first-order chi connectivity index (χ1) is 9.67. The van der Waals surface area contributed by atoms with Crippen molar-refractivity contribution in [3.63, 3.8) is 0 Å². The second-order valence-electron chi connectivity index (χ2n) is 4.80. The number of carbonyl (C=O) groups is 1. The minimum Gasteiger partial charge on any atom is -0.478 e. The van der Waals surface area contributed by atoms with Crippen molar-refractivity contribution >= 4 is 17.0 Å². The summed E-state index contributed by atoms with van der Waals surface area (Å²) < 4.78 is 1.95. The van der Waals surface area contributed by atoms with Gasteiger partial charge in [-0.3, -0.25) is 0 Å². The Labute approximate surface area is 118 Å². The molecule has 0 unspecified atom stereocenters. The quantitative estimate of drug-likeness (QED) is 0.843. The molecular formula is C15H21N3O2. The lowest BCUT2D eigenvalue weighted by atomic mass is 10.2. The summed E-state index contributed by atoms with van der Waals surface area (Å²) in [6, 6.07) is 5.22. The largest absolute Gasteiger partial charge is 0.478 e. The summed E-state index contributed by atoms with van der Waals surface area (Å²) in [5.74, 6) is -0.902. The summed E-state index contributed by atoms with van der Waals surface area (Å²) in [4.78, 5) is 17.9. The van der Waals surface area contributed by atoms with Gasteiger partial charge in [0.15, 0.2) is 0 Å². The van der Waals surface area contributed by atoms with Crippen LogP contribution in [0.15, 0.2) is 24.5 Å². The number of carboxylic acid groups (broad SMARTS) is 1. The lowest BCUT2D eigenvalue weighted by Gasteiger charge is -2.17. The van der Waals surface area contributed by atoms with Crippen LogP contribution in [0.2, 0.25) is 0 Å². The van der Waals surface area contributed by atoms with E-state index in [9.17, 15) is 9.90 Å². The zero-order valence-corrected chi connectivity index (χ0v) is 12.0. The van der Waals surface area contributed by atoms with Crippen molar-refractivity contribution in [3.8, 4) is 0 Å². The van der Waals surface area contributed by atoms with E-state index in [0.29, 0.717) is 5.56 Å². The number of imidazole rings is 1. The molecule has 2 rings (SSSR count). The molecule has 0 saturated heterocycles. The molecule has 0 atom stereocenters. The van der Waals surface area contributed by atoms with Crippen molar-refractivity contribution in [3.05, 3.63) is 30.1 Å². The van der Waals surface area contributed by atoms with Gasteiger partial charge in [-0.15, -0.1) is 0 Å². The van der Waals surface area contributed by atoms with Crippen molar-refractivity contribution in [2.75, 3.05) is 19.6 Å². The molecule has 0 saturated carbocycles. The summed E-state index contributed by atoms with van der Waals surface area (Å²) >= 11 is 0. The number of aryl methyl sites for hydroxylation is 1. The van der Waals surface area contributed by atoms with Crippen LogP contribution in [0.1, 0.15) is 30.6 Å². The zero-order valence-electron chi connectivity index (χ0n) is 12.0. The number of fused-ring (bicyclic) bond motifs is 1. The fraction of sp³-hybridized carbons (Fsp3) is 0.467. The van der Waals surface area contributed by atoms with Crippen molar-refractivity contribution in [2.24, 2.45) is 0 Å². The molecule has 1 heterocycles. The van der Waals surface area contributed by atoms with Gasteiger partial charge in [0.1, 0.15) is 0 Å². The van der Waals surface area contributed by atoms with E-state index in [2.05, 4.69) is 23.7 Å². The highest BCUT2D eigenvalue weighted by molar-refractivity contribution is 6.01. The molecule has 108 valence electrons. The van der Waals surface area contributed by atoms with E-state index < -0.39 is 5.97 Å². The first-order valence-corrected chi connectivity index (χ1v) is 7.06. The summed E-state index contributed by atoms with van der Waals surface area (Å²) in [5, 5.41) is 9.27. The van der Waals surface area contributed by atoms with E-state index in [0.717, 1.165) is 43.6 Å². The molecule has 0 amide bonds. The number of hydrogen-bond donors (Lipinski definition) is 1. The van der Waals surface area contributed by atoms with Crippen molar-refractivity contribution < 1.29 is 9.90 Å². The van der Waals surface area contributed by atoms with Crippen LogP contribution < -0.4 is 0 Å². The van der Waals surface area contributed by atoms with E-state index in [1.807, 2.05) is 10.6 Å². The highest BCUT2D eigenvalue weighted by Crippen LogP contribution is 2.18. The van der Waals surface area contributed by atoms with E-state index in [-0.39, 0.29) is 0 Å². The first-order valence-electron chi connectivity index (χ1n) is 7.06. The van der Waals surface area contributed by atoms with Gasteiger partial charge in [0, 0.05) is 6.54 Å². The molecule has 1 N–H and O–H groups in total. The fourth-order valence-electron chi connectivity index (χ4n) is 2.47. The number of para-hydroxylation sites is 1. The minimum absolute atomic E-state index is 0.322. The maximum Gasteiger partial charge on any atom is 0.337 e. The third-order valence-corrected chi connectivity index (χ3v) is 3.64. The second kappa shape index (κ2) is 6.52. The van der Waals surface area contributed by atoms with Crippen molar-refractivity contribution in [1.29, 1.82) is 0 Å². The normalized spacial score (nSPS) is 11.3. The van der Waals surface area contributed by atoms with Gasteiger partial charge in [-0.25, -0.2) is 9.78 Å². The Hall–Kier alpha value is -1.88. The number of aromatic carboxylic acids is 1. The third-order valence-electron chi connectivity index (χ3n) is 3.64. The van der Waals surface area contributed by atoms with Gasteiger partial charge in [0.05, 0.1) is 22.9 Å². The van der Waals surface area contributed by atoms with Crippen molar-refractivity contribution in [1.82, 2.24) is 14.5 Å². The van der Waals surface area contributed by atoms with Gasteiger partial charge < -0.3 is 14.6 Å². The van der Waals surface area contributed by atoms with Crippen LogP contribution >= 0.6 is 0 Å². The summed E-state index contributed by atoms with van der Waals surface area (Å²) in [6.07, 6.45) is 2.72. The number of aromatic nitrogens is 2. The molecule has 5 heteroatoms. The predicted molar refractivity (Wildman–Crippen MR) is 79.1 cm³/mol. The molecule has 1 aromatic carbocycles. The molecule has 1 aromatic heterocycles. The van der Waals surface area contributed by atoms with Crippen LogP contribution in [0.25, 0.3) is 11.0 Å². The number of benzene rings is 1. The number of nitrogens with zero attached hydrogens (tertiary/aromatic N) is 3. The summed E-state index contributed by atoms with van der Waals surface area (Å²) in [6.45, 7) is 8.19. The summed E-state index contributed by atoms with van der Waals surface area (Å²) in [5.41, 5.74) is 1.79. The number of carboxylic acids is 1. The molecule has 5 nitrogen and oxygen atoms in total. The Balaban J connectivity index is 2.16. The first kappa shape index (κ1) is 14.5. The fourth-order valence-corrected chi connectivity index (χ4v) is 2.47. The lowest BCUT2D eigenvalue weighted by Crippen LogP contribution is -2.24. The van der Waals surface area contributed by atoms with Gasteiger partial charge in [-0.05, 0) is 38.2 Å². The molecule has 0 fully saturated rings. The van der Waals surface area contributed by atoms with Gasteiger partial charge in [0.25, 0.3) is 0 Å². The molecule has 2 aromatic rings. The molecule has 0 aliphatic heterocycles. The lowest BCUT2D eigenvalue weighted by molar-refractivity contribution is 0.0698. The number of rotatable bonds is 7. The highest BCUT2D eigenvalue weighted by atomic mass is 16.4. The Kier molecular flexibility index (Phi) is 4.74. The molecule has 0 aliphatic rings. The Bertz CT molecular complexity index is 588. The van der Waals surface area contributed by atoms with Crippen LogP contribution in [0, 0.1) is 0 Å². The van der Waals surface area contributed by atoms with Crippen LogP contribution in [0.3, 0.4) is 0 Å². The minimum atomic E-state index is -0.902. The molecule has 0 aliphatic carbocycles. The Morgan fingerprint density at radius 1 is 1.35 bits per heavy atom. The van der Waals surface area contributed by atoms with Gasteiger partial charge >= 0.3 is 5.97 Å². The van der Waals surface area contributed by atoms with Crippen LogP contribution in [-0.4, -0.2) is 45.2 Å². The monoisotopic (exact) mass is 275 g/mol. The second-order valence-corrected chi connectivity index (χ2v) is 4.80. The van der Waals surface area contributed by atoms with Gasteiger partial charge in [-0.1, -0.05) is 19.9 Å². The van der Waals surface area contributed by atoms with Crippen LogP contribution in [-0.2, 0) is 6.54 Å². The Morgan fingerprint density at radius 2 is 2.10 bits per heavy atom. The molecule has 20 heavy (non-hydrogen) atoms. The average Bonchev–Trinajstić information content (AvgIpc) is 2.86. The molecular weight excluding hydrogens is 254 g/mol. The van der Waals surface area contributed by atoms with Crippen LogP contribution in [0.5, 0.6) is 0 Å². The number of hydrogen-bond acceptors (Lipinski definition) is 3. The predicted octanol–water partition coefficient (Wildman–Crippen LogP) is 2.47. The summed E-state index contributed by atoms with van der Waals surface area (Å²) in [7, 11) is 0. The van der Waals surface area contributed by atoms with E-state index >= 15 is 0 Å². The van der Waals surface area contributed by atoms with Crippen LogP contribution in [0.4, 0.5) is 0 Å². The highest BCUT2D eigenvalue weighted by Gasteiger charge is 2.13. The van der Waals surface area contributed by atoms with E-state index in [4.69, 9.17) is 0 Å². The average molecular weight is 275 g/mol. The Morgan fingerprint density at radius 3 is 2.75 bits per heavy atom. The van der Waals surface area contributed by atoms with E-state index in [1.165, 1.54) is 0 Å². The zero-order chi connectivity index (χ0) is 14.5. The molecule has 0 spiro atoms. The van der Waals surface area contributed by atoms with Gasteiger partial charge in [0.2, 0.25) is 0 Å². The van der Waals surface area contributed by atoms with Crippen molar-refractivity contribution in [2.45, 2.75) is 26.8 Å². The topological polar surface area (TPSA) is 58.4 Å². The smallest absolute Gasteiger partial charge is 0.337 e. The molecule has 0 bridgehead atoms. The maximum absolute atomic E-state index is 11.3.